The fourth-order valence-electron chi connectivity index (χ4n) is 12.4. The quantitative estimate of drug-likeness (QED) is 0.180. The molecule has 5 heteroatoms. The Hall–Kier alpha value is 1.44. The van der Waals surface area contributed by atoms with Crippen molar-refractivity contribution in [3.05, 3.63) is 0 Å². The zero-order chi connectivity index (χ0) is 28.2. The maximum atomic E-state index is 17.2. The van der Waals surface area contributed by atoms with Crippen LogP contribution in [0.25, 0.3) is 0 Å². The fraction of sp³-hybridized carbons (Fsp3) is 0.973. The fourth-order valence-corrected chi connectivity index (χ4v) is 34.6. The van der Waals surface area contributed by atoms with E-state index < -0.39 is 13.2 Å². The maximum Gasteiger partial charge on any atom is 0 e. The summed E-state index contributed by atoms with van der Waals surface area (Å²) in [6.07, 6.45) is 41.0. The second-order valence-electron chi connectivity index (χ2n) is 16.1. The van der Waals surface area contributed by atoms with Gasteiger partial charge in [-0.1, -0.05) is 0 Å². The van der Waals surface area contributed by atoms with E-state index >= 15 is 4.79 Å². The molecule has 0 N–H and O–H groups in total. The molecule has 0 saturated heterocycles. The molecule has 0 aromatic rings. The molecule has 0 unspecified atom stereocenters. The Labute approximate surface area is 279 Å². The van der Waals surface area contributed by atoms with Crippen LogP contribution in [-0.2, 0) is 19.5 Å². The van der Waals surface area contributed by atoms with Crippen LogP contribution < -0.4 is 0 Å². The van der Waals surface area contributed by atoms with E-state index in [1.54, 1.807) is 0 Å². The van der Waals surface area contributed by atoms with Gasteiger partial charge in [0.05, 0.1) is 0 Å². The Morgan fingerprint density at radius 2 is 0.619 bits per heavy atom. The van der Waals surface area contributed by atoms with Gasteiger partial charge in [0.1, 0.15) is 0 Å². The predicted molar refractivity (Wildman–Crippen MR) is 186 cm³/mol. The summed E-state index contributed by atoms with van der Waals surface area (Å²) >= 11 is 9.24. The third-order valence-corrected chi connectivity index (χ3v) is 32.5. The third-order valence-electron chi connectivity index (χ3n) is 14.2. The molecule has 244 valence electrons. The Balaban J connectivity index is 0.00000353. The molecule has 6 saturated carbocycles. The maximum absolute atomic E-state index is 17.2. The van der Waals surface area contributed by atoms with Gasteiger partial charge < -0.3 is 0 Å². The zero-order valence-electron chi connectivity index (χ0n) is 27.2. The minimum absolute atomic E-state index is 0. The number of hydrogen-bond donors (Lipinski definition) is 0. The van der Waals surface area contributed by atoms with Crippen molar-refractivity contribution in [2.45, 2.75) is 227 Å². The summed E-state index contributed by atoms with van der Waals surface area (Å²) in [5, 5.41) is 0.988. The van der Waals surface area contributed by atoms with Crippen LogP contribution in [-0.4, -0.2) is 39.2 Å². The second kappa shape index (κ2) is 15.6. The average molecular weight is 725 g/mol. The van der Waals surface area contributed by atoms with Gasteiger partial charge in [-0.25, -0.2) is 0 Å². The first-order valence-electron chi connectivity index (χ1n) is 19.3. The number of rotatable bonds is 8. The molecule has 6 aliphatic carbocycles. The summed E-state index contributed by atoms with van der Waals surface area (Å²) in [6, 6.07) is 0. The van der Waals surface area contributed by atoms with Crippen molar-refractivity contribution in [3.8, 4) is 0 Å². The van der Waals surface area contributed by atoms with Crippen LogP contribution in [0, 0.1) is 0 Å². The van der Waals surface area contributed by atoms with E-state index in [1.165, 1.54) is 193 Å². The Bertz CT molecular complexity index is 750. The third kappa shape index (κ3) is 6.10. The van der Waals surface area contributed by atoms with Crippen molar-refractivity contribution in [1.29, 1.82) is 0 Å². The molecule has 0 amide bonds. The van der Waals surface area contributed by atoms with Crippen LogP contribution in [0.1, 0.15) is 193 Å². The summed E-state index contributed by atoms with van der Waals surface area (Å²) in [7, 11) is -1.91. The summed E-state index contributed by atoms with van der Waals surface area (Å²) in [4.78, 5) is 17.2. The van der Waals surface area contributed by atoms with Crippen LogP contribution in [0.4, 0.5) is 4.79 Å². The first-order chi connectivity index (χ1) is 20.1. The van der Waals surface area contributed by atoms with Gasteiger partial charge in [0, 0.05) is 19.5 Å². The zero-order valence-corrected chi connectivity index (χ0v) is 31.5. The number of carbonyl (C=O) groups excluding carboxylic acids is 1. The average Bonchev–Trinajstić information content (AvgIpc) is 3.07. The smallest absolute Gasteiger partial charge is 0 e. The number of halogens is 1. The second-order valence-corrected chi connectivity index (χ2v) is 28.0. The molecule has 1 nitrogen and oxygen atoms in total. The van der Waals surface area contributed by atoms with Crippen LogP contribution in [0.5, 0.6) is 0 Å². The van der Waals surface area contributed by atoms with Crippen molar-refractivity contribution < 1.29 is 24.3 Å². The van der Waals surface area contributed by atoms with Crippen molar-refractivity contribution in [3.63, 3.8) is 0 Å². The van der Waals surface area contributed by atoms with Crippen molar-refractivity contribution in [2.75, 3.05) is 0 Å². The van der Waals surface area contributed by atoms with E-state index in [0.717, 1.165) is 22.2 Å². The Kier molecular flexibility index (Phi) is 12.9. The van der Waals surface area contributed by atoms with Gasteiger partial charge in [-0.2, -0.15) is 0 Å². The molecule has 0 atom stereocenters. The number of carbonyl (C=O) groups is 1. The minimum atomic E-state index is -3.24. The van der Waals surface area contributed by atoms with Gasteiger partial charge in [0.15, 0.2) is 0 Å². The molecule has 0 spiro atoms. The molecule has 6 fully saturated rings. The summed E-state index contributed by atoms with van der Waals surface area (Å²) < 4.78 is 0. The van der Waals surface area contributed by atoms with Crippen LogP contribution in [0.3, 0.4) is 0 Å². The standard InChI is InChI=1S/C37H66ClOP2.Ru/c38-41(34-25-13-4-14-26-34,35-27-15-5-16-28-35,36-29-17-6-18-30-36)37(39)40(31-19-7-1-8-20-31,32-21-9-2-10-22-32)33-23-11-3-12-24-33;/h31-36H,1-30H2;/q+1;. The van der Waals surface area contributed by atoms with Gasteiger partial charge in [0.25, 0.3) is 0 Å². The normalized spacial score (nSPS) is 28.9. The molecule has 0 heterocycles. The largest absolute Gasteiger partial charge is 0 e. The summed E-state index contributed by atoms with van der Waals surface area (Å²) in [5.74, 6) is -3.24. The molecule has 6 aliphatic rings. The van der Waals surface area contributed by atoms with E-state index in [4.69, 9.17) is 0 Å². The summed E-state index contributed by atoms with van der Waals surface area (Å²) in [6.45, 7) is 0. The van der Waals surface area contributed by atoms with Crippen LogP contribution >= 0.6 is 24.5 Å². The van der Waals surface area contributed by atoms with Crippen LogP contribution in [0.2, 0.25) is 0 Å². The first-order valence-corrected chi connectivity index (χ1v) is 24.6. The van der Waals surface area contributed by atoms with Crippen LogP contribution in [0.15, 0.2) is 0 Å². The van der Waals surface area contributed by atoms with Gasteiger partial charge in [0.2, 0.25) is 0 Å². The van der Waals surface area contributed by atoms with Gasteiger partial charge >= 0.3 is 261 Å². The monoisotopic (exact) mass is 725 g/mol. The number of hydrogen-bond acceptors (Lipinski definition) is 1. The predicted octanol–water partition coefficient (Wildman–Crippen LogP) is 13.8. The van der Waals surface area contributed by atoms with Crippen molar-refractivity contribution in [1.82, 2.24) is 0 Å². The first kappa shape index (κ1) is 34.8. The molecule has 0 aromatic heterocycles. The van der Waals surface area contributed by atoms with Gasteiger partial charge in [-0.3, -0.25) is 0 Å². The summed E-state index contributed by atoms with van der Waals surface area (Å²) in [5.41, 5.74) is 3.95. The van der Waals surface area contributed by atoms with E-state index in [9.17, 15) is 11.2 Å². The molecule has 0 bridgehead atoms. The van der Waals surface area contributed by atoms with E-state index in [0.29, 0.717) is 17.0 Å². The molecule has 0 aromatic carbocycles. The van der Waals surface area contributed by atoms with E-state index in [2.05, 4.69) is 0 Å². The Morgan fingerprint density at radius 3 is 0.857 bits per heavy atom. The van der Waals surface area contributed by atoms with E-state index in [1.807, 2.05) is 0 Å². The Morgan fingerprint density at radius 1 is 0.405 bits per heavy atom. The molecule has 0 aliphatic heterocycles. The molecule has 42 heavy (non-hydrogen) atoms. The van der Waals surface area contributed by atoms with E-state index in [-0.39, 0.29) is 19.5 Å². The molecular formula is C37H66ClOP2Ru+. The molecule has 0 radical (unpaired) electrons. The van der Waals surface area contributed by atoms with Gasteiger partial charge in [-0.05, 0) is 0 Å². The van der Waals surface area contributed by atoms with Gasteiger partial charge in [-0.15, -0.1) is 0 Å². The molecular weight excluding hydrogens is 659 g/mol. The molecule has 6 rings (SSSR count). The minimum Gasteiger partial charge on any atom is 0 e. The van der Waals surface area contributed by atoms with Crippen molar-refractivity contribution >= 4 is 29.7 Å². The van der Waals surface area contributed by atoms with Crippen molar-refractivity contribution in [2.24, 2.45) is 0 Å². The topological polar surface area (TPSA) is 17.1 Å². The SMILES string of the molecule is O=C([P+](C1CCCCC1)(C1CCCCC1)C1CCCCC1)P(Cl)(C1CCCCC1)(C1CCCCC1)C1CCCCC1.[Ru].